The molecule has 0 radical (unpaired) electrons. The Kier molecular flexibility index (Phi) is 4.81. The van der Waals surface area contributed by atoms with E-state index in [1.54, 1.807) is 6.20 Å². The Morgan fingerprint density at radius 3 is 2.33 bits per heavy atom. The topological polar surface area (TPSA) is 48.5 Å². The number of carbonyl (C=O) groups is 1. The first-order chi connectivity index (χ1) is 11.5. The Morgan fingerprint density at radius 1 is 1.00 bits per heavy atom. The molecular weight excluding hydrogens is 300 g/mol. The molecule has 0 saturated carbocycles. The van der Waals surface area contributed by atoms with Crippen LogP contribution >= 0.6 is 0 Å². The monoisotopic (exact) mass is 324 g/mol. The molecule has 1 N–H and O–H groups in total. The standard InChI is InChI=1S/C19H24N4O/c1-14-8-15(2)10-17(9-14)21-19(24)16-11-18(13-20-12-16)23-6-4-22(3)5-7-23/h8-13H,4-7H2,1-3H3,(H,21,24). The maximum atomic E-state index is 12.5. The lowest BCUT2D eigenvalue weighted by Gasteiger charge is -2.33. The predicted octanol–water partition coefficient (Wildman–Crippen LogP) is 2.70. The summed E-state index contributed by atoms with van der Waals surface area (Å²) in [6.45, 7) is 8.02. The summed E-state index contributed by atoms with van der Waals surface area (Å²) in [7, 11) is 2.13. The molecule has 0 bridgehead atoms. The molecule has 2 heterocycles. The minimum atomic E-state index is -0.122. The molecule has 0 spiro atoms. The molecule has 126 valence electrons. The summed E-state index contributed by atoms with van der Waals surface area (Å²) in [4.78, 5) is 21.4. The highest BCUT2D eigenvalue weighted by Crippen LogP contribution is 2.19. The molecule has 5 heteroatoms. The molecule has 1 aromatic carbocycles. The third-order valence-corrected chi connectivity index (χ3v) is 4.33. The number of carbonyl (C=O) groups excluding carboxylic acids is 1. The van der Waals surface area contributed by atoms with Crippen LogP contribution in [0, 0.1) is 13.8 Å². The van der Waals surface area contributed by atoms with Gasteiger partial charge in [0.2, 0.25) is 0 Å². The van der Waals surface area contributed by atoms with E-state index in [-0.39, 0.29) is 5.91 Å². The average molecular weight is 324 g/mol. The van der Waals surface area contributed by atoms with Gasteiger partial charge in [-0.3, -0.25) is 9.78 Å². The maximum absolute atomic E-state index is 12.5. The number of rotatable bonds is 3. The largest absolute Gasteiger partial charge is 0.368 e. The van der Waals surface area contributed by atoms with Crippen LogP contribution in [0.3, 0.4) is 0 Å². The van der Waals surface area contributed by atoms with Crippen LogP contribution in [-0.2, 0) is 0 Å². The van der Waals surface area contributed by atoms with E-state index in [1.807, 2.05) is 38.2 Å². The van der Waals surface area contributed by atoms with Crippen molar-refractivity contribution in [3.63, 3.8) is 0 Å². The quantitative estimate of drug-likeness (QED) is 0.943. The van der Waals surface area contributed by atoms with Gasteiger partial charge in [0.05, 0.1) is 17.4 Å². The third kappa shape index (κ3) is 3.92. The summed E-state index contributed by atoms with van der Waals surface area (Å²) in [6, 6.07) is 7.97. The van der Waals surface area contributed by atoms with Gasteiger partial charge in [-0.2, -0.15) is 0 Å². The third-order valence-electron chi connectivity index (χ3n) is 4.33. The van der Waals surface area contributed by atoms with Crippen LogP contribution in [0.5, 0.6) is 0 Å². The van der Waals surface area contributed by atoms with Crippen molar-refractivity contribution in [2.75, 3.05) is 43.4 Å². The molecule has 24 heavy (non-hydrogen) atoms. The molecule has 1 aliphatic heterocycles. The second-order valence-electron chi connectivity index (χ2n) is 6.55. The number of amides is 1. The van der Waals surface area contributed by atoms with Gasteiger partial charge in [-0.05, 0) is 50.2 Å². The first-order valence-corrected chi connectivity index (χ1v) is 8.29. The number of nitrogens with one attached hydrogen (secondary N) is 1. The predicted molar refractivity (Wildman–Crippen MR) is 97.8 cm³/mol. The Labute approximate surface area is 143 Å². The SMILES string of the molecule is Cc1cc(C)cc(NC(=O)c2cncc(N3CCN(C)CC3)c2)c1. The van der Waals surface area contributed by atoms with Crippen LogP contribution in [0.1, 0.15) is 21.5 Å². The number of nitrogens with zero attached hydrogens (tertiary/aromatic N) is 3. The second kappa shape index (κ2) is 7.01. The number of aryl methyl sites for hydroxylation is 2. The van der Waals surface area contributed by atoms with Gasteiger partial charge in [-0.15, -0.1) is 0 Å². The van der Waals surface area contributed by atoms with Crippen molar-refractivity contribution in [2.45, 2.75) is 13.8 Å². The van der Waals surface area contributed by atoms with Crippen LogP contribution in [0.25, 0.3) is 0 Å². The lowest BCUT2D eigenvalue weighted by Crippen LogP contribution is -2.44. The number of benzene rings is 1. The Bertz CT molecular complexity index is 716. The molecule has 1 amide bonds. The highest BCUT2D eigenvalue weighted by molar-refractivity contribution is 6.04. The van der Waals surface area contributed by atoms with E-state index in [0.717, 1.165) is 48.7 Å². The summed E-state index contributed by atoms with van der Waals surface area (Å²) >= 11 is 0. The zero-order valence-electron chi connectivity index (χ0n) is 14.5. The van der Waals surface area contributed by atoms with Crippen molar-refractivity contribution in [1.82, 2.24) is 9.88 Å². The van der Waals surface area contributed by atoms with E-state index in [4.69, 9.17) is 0 Å². The Balaban J connectivity index is 1.74. The number of piperazine rings is 1. The highest BCUT2D eigenvalue weighted by atomic mass is 16.1. The van der Waals surface area contributed by atoms with Gasteiger partial charge >= 0.3 is 0 Å². The van der Waals surface area contributed by atoms with Crippen LogP contribution in [0.2, 0.25) is 0 Å². The van der Waals surface area contributed by atoms with Crippen molar-refractivity contribution in [3.05, 3.63) is 53.3 Å². The summed E-state index contributed by atoms with van der Waals surface area (Å²) in [5, 5.41) is 2.97. The number of hydrogen-bond acceptors (Lipinski definition) is 4. The van der Waals surface area contributed by atoms with E-state index in [2.05, 4.69) is 33.2 Å². The number of hydrogen-bond donors (Lipinski definition) is 1. The van der Waals surface area contributed by atoms with Crippen molar-refractivity contribution in [2.24, 2.45) is 0 Å². The van der Waals surface area contributed by atoms with Crippen molar-refractivity contribution >= 4 is 17.3 Å². The van der Waals surface area contributed by atoms with Crippen LogP contribution in [0.15, 0.2) is 36.7 Å². The van der Waals surface area contributed by atoms with E-state index in [9.17, 15) is 4.79 Å². The zero-order chi connectivity index (χ0) is 17.1. The molecule has 0 unspecified atom stereocenters. The van der Waals surface area contributed by atoms with E-state index < -0.39 is 0 Å². The van der Waals surface area contributed by atoms with Crippen LogP contribution in [0.4, 0.5) is 11.4 Å². The summed E-state index contributed by atoms with van der Waals surface area (Å²) in [6.07, 6.45) is 3.45. The molecule has 1 saturated heterocycles. The first kappa shape index (κ1) is 16.5. The molecular formula is C19H24N4O. The molecule has 1 aliphatic rings. The number of likely N-dealkylation sites (N-methyl/N-ethyl adjacent to an activating group) is 1. The summed E-state index contributed by atoms with van der Waals surface area (Å²) < 4.78 is 0. The van der Waals surface area contributed by atoms with Crippen molar-refractivity contribution in [3.8, 4) is 0 Å². The highest BCUT2D eigenvalue weighted by Gasteiger charge is 2.16. The van der Waals surface area contributed by atoms with E-state index in [0.29, 0.717) is 5.56 Å². The molecule has 0 aliphatic carbocycles. The average Bonchev–Trinajstić information content (AvgIpc) is 2.54. The first-order valence-electron chi connectivity index (χ1n) is 8.29. The zero-order valence-corrected chi connectivity index (χ0v) is 14.5. The number of pyridine rings is 1. The smallest absolute Gasteiger partial charge is 0.257 e. The van der Waals surface area contributed by atoms with Gasteiger partial charge in [-0.1, -0.05) is 6.07 Å². The van der Waals surface area contributed by atoms with Gasteiger partial charge in [0.15, 0.2) is 0 Å². The minimum absolute atomic E-state index is 0.122. The van der Waals surface area contributed by atoms with Gasteiger partial charge < -0.3 is 15.1 Å². The summed E-state index contributed by atoms with van der Waals surface area (Å²) in [5.41, 5.74) is 4.69. The fraction of sp³-hybridized carbons (Fsp3) is 0.368. The van der Waals surface area contributed by atoms with E-state index >= 15 is 0 Å². The molecule has 2 aromatic rings. The van der Waals surface area contributed by atoms with Gasteiger partial charge in [0.1, 0.15) is 0 Å². The minimum Gasteiger partial charge on any atom is -0.368 e. The summed E-state index contributed by atoms with van der Waals surface area (Å²) in [5.74, 6) is -0.122. The lowest BCUT2D eigenvalue weighted by molar-refractivity contribution is 0.102. The van der Waals surface area contributed by atoms with Crippen LogP contribution in [-0.4, -0.2) is 49.0 Å². The normalized spacial score (nSPS) is 15.4. The van der Waals surface area contributed by atoms with Gasteiger partial charge in [0.25, 0.3) is 5.91 Å². The van der Waals surface area contributed by atoms with E-state index in [1.165, 1.54) is 0 Å². The fourth-order valence-corrected chi connectivity index (χ4v) is 3.04. The van der Waals surface area contributed by atoms with Gasteiger partial charge in [0, 0.05) is 38.1 Å². The van der Waals surface area contributed by atoms with Crippen molar-refractivity contribution in [1.29, 1.82) is 0 Å². The molecule has 1 aromatic heterocycles. The van der Waals surface area contributed by atoms with Crippen molar-refractivity contribution < 1.29 is 4.79 Å². The number of anilines is 2. The number of aromatic nitrogens is 1. The molecule has 5 nitrogen and oxygen atoms in total. The Hall–Kier alpha value is -2.40. The lowest BCUT2D eigenvalue weighted by atomic mass is 10.1. The maximum Gasteiger partial charge on any atom is 0.257 e. The Morgan fingerprint density at radius 2 is 1.67 bits per heavy atom. The van der Waals surface area contributed by atoms with Crippen LogP contribution < -0.4 is 10.2 Å². The fourth-order valence-electron chi connectivity index (χ4n) is 3.04. The molecule has 3 rings (SSSR count). The molecule has 0 atom stereocenters. The molecule has 1 fully saturated rings. The van der Waals surface area contributed by atoms with Gasteiger partial charge in [-0.25, -0.2) is 0 Å². The second-order valence-corrected chi connectivity index (χ2v) is 6.55.